The van der Waals surface area contributed by atoms with Gasteiger partial charge >= 0.3 is 0 Å². The Morgan fingerprint density at radius 2 is 2.04 bits per heavy atom. The molecule has 2 aliphatic rings. The first-order chi connectivity index (χ1) is 13.6. The highest BCUT2D eigenvalue weighted by atomic mass is 32.2. The van der Waals surface area contributed by atoms with Crippen LogP contribution in [-0.2, 0) is 10.5 Å². The molecule has 0 amide bonds. The number of nitrogen functional groups attached to an aromatic ring is 1. The Hall–Kier alpha value is -2.81. The van der Waals surface area contributed by atoms with Crippen LogP contribution in [-0.4, -0.2) is 51.0 Å². The summed E-state index contributed by atoms with van der Waals surface area (Å²) in [5.74, 6) is 3.27. The minimum absolute atomic E-state index is 0.635. The topological polar surface area (TPSA) is 80.0 Å². The number of nitrogens with zero attached hydrogens (tertiary/aromatic N) is 5. The van der Waals surface area contributed by atoms with Crippen LogP contribution in [0.15, 0.2) is 35.8 Å². The molecule has 3 heterocycles. The van der Waals surface area contributed by atoms with Crippen molar-refractivity contribution in [2.45, 2.75) is 10.9 Å². The second-order valence-electron chi connectivity index (χ2n) is 6.75. The summed E-state index contributed by atoms with van der Waals surface area (Å²) in [7, 11) is 5.73. The molecule has 0 radical (unpaired) electrons. The van der Waals surface area contributed by atoms with Crippen molar-refractivity contribution < 1.29 is 9.47 Å². The third-order valence-corrected chi connectivity index (χ3v) is 5.63. The smallest absolute Gasteiger partial charge is 0.191 e. The number of fused-ring (bicyclic) bond motifs is 1. The van der Waals surface area contributed by atoms with Crippen molar-refractivity contribution in [2.24, 2.45) is 0 Å². The number of benzene rings is 1. The van der Waals surface area contributed by atoms with Crippen molar-refractivity contribution in [2.75, 3.05) is 61.5 Å². The predicted octanol–water partition coefficient (Wildman–Crippen LogP) is 2.51. The number of nitrogens with two attached hydrogens (primary N) is 1. The van der Waals surface area contributed by atoms with Gasteiger partial charge in [-0.3, -0.25) is 0 Å². The quantitative estimate of drug-likeness (QED) is 0.462. The van der Waals surface area contributed by atoms with Gasteiger partial charge in [-0.05, 0) is 17.7 Å². The summed E-state index contributed by atoms with van der Waals surface area (Å²) in [5.41, 5.74) is 8.81. The monoisotopic (exact) mass is 400 g/mol. The molecule has 0 aliphatic carbocycles. The average molecular weight is 401 g/mol. The predicted molar refractivity (Wildman–Crippen MR) is 113 cm³/mol. The standard InChI is InChI=1S/C19H24N6O2S/c1-23-12-24(2)17-16(23)18(25-6-8-27-9-7-25)22-19(21-17)28-11-13-4-5-15(26-3)14(20)10-13/h4-6,8,10H,7,9,11-12,20H2,1-3H3. The number of thioether (sulfide) groups is 1. The zero-order valence-corrected chi connectivity index (χ0v) is 17.1. The van der Waals surface area contributed by atoms with Crippen molar-refractivity contribution in [1.82, 2.24) is 9.97 Å². The van der Waals surface area contributed by atoms with Gasteiger partial charge < -0.3 is 29.9 Å². The van der Waals surface area contributed by atoms with Gasteiger partial charge in [0.05, 0.1) is 32.3 Å². The van der Waals surface area contributed by atoms with Gasteiger partial charge in [-0.1, -0.05) is 17.8 Å². The molecule has 0 saturated carbocycles. The van der Waals surface area contributed by atoms with Crippen molar-refractivity contribution in [3.8, 4) is 5.75 Å². The first-order valence-electron chi connectivity index (χ1n) is 9.01. The molecule has 4 rings (SSSR count). The van der Waals surface area contributed by atoms with Crippen LogP contribution in [0.4, 0.5) is 23.0 Å². The summed E-state index contributed by atoms with van der Waals surface area (Å²) < 4.78 is 10.6. The van der Waals surface area contributed by atoms with Gasteiger partial charge in [0.2, 0.25) is 0 Å². The molecule has 1 aromatic heterocycles. The van der Waals surface area contributed by atoms with E-state index in [-0.39, 0.29) is 0 Å². The summed E-state index contributed by atoms with van der Waals surface area (Å²) in [4.78, 5) is 16.1. The molecule has 0 saturated heterocycles. The Balaban J connectivity index is 1.62. The zero-order valence-electron chi connectivity index (χ0n) is 16.3. The van der Waals surface area contributed by atoms with Crippen molar-refractivity contribution in [3.05, 3.63) is 36.2 Å². The summed E-state index contributed by atoms with van der Waals surface area (Å²) >= 11 is 1.60. The first-order valence-corrected chi connectivity index (χ1v) is 10.00. The lowest BCUT2D eigenvalue weighted by Crippen LogP contribution is -2.28. The average Bonchev–Trinajstić information content (AvgIpc) is 3.00. The highest BCUT2D eigenvalue weighted by molar-refractivity contribution is 7.98. The summed E-state index contributed by atoms with van der Waals surface area (Å²) in [6, 6.07) is 5.84. The van der Waals surface area contributed by atoms with E-state index in [1.807, 2.05) is 31.4 Å². The number of anilines is 4. The number of hydrogen-bond acceptors (Lipinski definition) is 9. The lowest BCUT2D eigenvalue weighted by atomic mass is 10.2. The van der Waals surface area contributed by atoms with E-state index in [1.54, 1.807) is 25.1 Å². The lowest BCUT2D eigenvalue weighted by molar-refractivity contribution is 0.245. The number of methoxy groups -OCH3 is 1. The molecule has 0 unspecified atom stereocenters. The molecule has 2 aliphatic heterocycles. The van der Waals surface area contributed by atoms with Gasteiger partial charge in [0, 0.05) is 26.0 Å². The molecule has 2 N–H and O–H groups in total. The molecule has 1 aromatic carbocycles. The molecule has 0 fully saturated rings. The van der Waals surface area contributed by atoms with E-state index < -0.39 is 0 Å². The van der Waals surface area contributed by atoms with E-state index in [0.717, 1.165) is 47.0 Å². The van der Waals surface area contributed by atoms with E-state index in [1.165, 1.54) is 0 Å². The fourth-order valence-electron chi connectivity index (χ4n) is 3.35. The third kappa shape index (κ3) is 3.49. The van der Waals surface area contributed by atoms with Crippen LogP contribution in [0, 0.1) is 0 Å². The van der Waals surface area contributed by atoms with Crippen LogP contribution in [0.3, 0.4) is 0 Å². The molecular weight excluding hydrogens is 376 g/mol. The number of rotatable bonds is 5. The fourth-order valence-corrected chi connectivity index (χ4v) is 4.13. The Bertz CT molecular complexity index is 906. The number of aromatic nitrogens is 2. The second kappa shape index (κ2) is 7.67. The number of hydrogen-bond donors (Lipinski definition) is 1. The SMILES string of the molecule is COc1ccc(CSc2nc3c(c(N4C=COCC4)n2)N(C)CN3C)cc1N. The zero-order chi connectivity index (χ0) is 19.7. The Kier molecular flexibility index (Phi) is 5.08. The fraction of sp³-hybridized carbons (Fsp3) is 0.368. The maximum Gasteiger partial charge on any atom is 0.191 e. The van der Waals surface area contributed by atoms with E-state index in [2.05, 4.69) is 21.7 Å². The Labute approximate surface area is 168 Å². The number of ether oxygens (including phenoxy) is 2. The molecular formula is C19H24N6O2S. The Morgan fingerprint density at radius 1 is 1.21 bits per heavy atom. The Morgan fingerprint density at radius 3 is 2.75 bits per heavy atom. The highest BCUT2D eigenvalue weighted by Crippen LogP contribution is 2.41. The molecule has 148 valence electrons. The highest BCUT2D eigenvalue weighted by Gasteiger charge is 2.30. The summed E-state index contributed by atoms with van der Waals surface area (Å²) in [6.45, 7) is 2.19. The largest absolute Gasteiger partial charge is 0.498 e. The minimum Gasteiger partial charge on any atom is -0.498 e. The van der Waals surface area contributed by atoms with Crippen LogP contribution in [0.1, 0.15) is 5.56 Å². The van der Waals surface area contributed by atoms with Crippen LogP contribution >= 0.6 is 11.8 Å². The summed E-state index contributed by atoms with van der Waals surface area (Å²) in [5, 5.41) is 0.741. The van der Waals surface area contributed by atoms with Crippen molar-refractivity contribution in [1.29, 1.82) is 0 Å². The van der Waals surface area contributed by atoms with Crippen LogP contribution in [0.2, 0.25) is 0 Å². The van der Waals surface area contributed by atoms with E-state index in [4.69, 9.17) is 25.2 Å². The lowest BCUT2D eigenvalue weighted by Gasteiger charge is -2.26. The summed E-state index contributed by atoms with van der Waals surface area (Å²) in [6.07, 6.45) is 3.64. The first kappa shape index (κ1) is 18.5. The minimum atomic E-state index is 0.635. The van der Waals surface area contributed by atoms with Gasteiger partial charge in [-0.25, -0.2) is 9.97 Å². The maximum absolute atomic E-state index is 6.03. The molecule has 0 atom stereocenters. The molecule has 8 nitrogen and oxygen atoms in total. The van der Waals surface area contributed by atoms with Gasteiger partial charge in [-0.15, -0.1) is 0 Å². The van der Waals surface area contributed by atoms with Crippen molar-refractivity contribution >= 4 is 34.8 Å². The van der Waals surface area contributed by atoms with Gasteiger partial charge in [0.25, 0.3) is 0 Å². The molecule has 0 spiro atoms. The van der Waals surface area contributed by atoms with E-state index >= 15 is 0 Å². The second-order valence-corrected chi connectivity index (χ2v) is 7.70. The van der Waals surface area contributed by atoms with Gasteiger partial charge in [0.1, 0.15) is 18.0 Å². The van der Waals surface area contributed by atoms with Crippen molar-refractivity contribution in [3.63, 3.8) is 0 Å². The molecule has 2 aromatic rings. The van der Waals surface area contributed by atoms with E-state index in [9.17, 15) is 0 Å². The molecule has 0 bridgehead atoms. The van der Waals surface area contributed by atoms with Gasteiger partial charge in [-0.2, -0.15) is 0 Å². The third-order valence-electron chi connectivity index (χ3n) is 4.72. The maximum atomic E-state index is 6.03. The molecule has 28 heavy (non-hydrogen) atoms. The van der Waals surface area contributed by atoms with Crippen LogP contribution in [0.5, 0.6) is 5.75 Å². The molecule has 9 heteroatoms. The van der Waals surface area contributed by atoms with E-state index in [0.29, 0.717) is 18.0 Å². The van der Waals surface area contributed by atoms with Crippen LogP contribution in [0.25, 0.3) is 0 Å². The normalized spacial score (nSPS) is 15.6. The van der Waals surface area contributed by atoms with Gasteiger partial charge in [0.15, 0.2) is 16.8 Å². The van der Waals surface area contributed by atoms with Crippen LogP contribution < -0.4 is 25.2 Å².